The summed E-state index contributed by atoms with van der Waals surface area (Å²) in [5, 5.41) is 0. The summed E-state index contributed by atoms with van der Waals surface area (Å²) in [5.74, 6) is 0.0202. The third kappa shape index (κ3) is 2.43. The Balaban J connectivity index is 2.58. The number of carbonyl (C=O) groups is 1. The summed E-state index contributed by atoms with van der Waals surface area (Å²) in [4.78, 5) is 14.7. The molecule has 0 aliphatic heterocycles. The molecule has 0 saturated carbocycles. The molecule has 1 aromatic heterocycles. The van der Waals surface area contributed by atoms with E-state index in [1.54, 1.807) is 12.4 Å². The van der Waals surface area contributed by atoms with Crippen LogP contribution < -0.4 is 5.73 Å². The summed E-state index contributed by atoms with van der Waals surface area (Å²) in [6, 6.07) is 3.35. The van der Waals surface area contributed by atoms with Crippen molar-refractivity contribution in [1.82, 2.24) is 4.98 Å². The molecule has 2 N–H and O–H groups in total. The number of rotatable bonds is 3. The summed E-state index contributed by atoms with van der Waals surface area (Å²) in [5.41, 5.74) is 6.63. The Bertz CT molecular complexity index is 258. The van der Waals surface area contributed by atoms with Gasteiger partial charge in [0.2, 0.25) is 0 Å². The number of Topliss-reactive ketones (excluding diaryl/α,β-unsaturated/α-hetero) is 1. The Morgan fingerprint density at radius 2 is 2.17 bits per heavy atom. The predicted octanol–water partition coefficient (Wildman–Crippen LogP) is 0.540. The normalized spacial score (nSPS) is 12.5. The first kappa shape index (κ1) is 8.87. The van der Waals surface area contributed by atoms with Gasteiger partial charge in [0.25, 0.3) is 0 Å². The zero-order valence-corrected chi connectivity index (χ0v) is 7.03. The molecular weight excluding hydrogens is 152 g/mol. The third-order valence-electron chi connectivity index (χ3n) is 1.73. The molecule has 3 heteroatoms. The van der Waals surface area contributed by atoms with E-state index in [1.807, 2.05) is 12.1 Å². The second kappa shape index (κ2) is 3.97. The number of aromatic nitrogens is 1. The first-order valence-corrected chi connectivity index (χ1v) is 3.85. The second-order valence-corrected chi connectivity index (χ2v) is 2.78. The van der Waals surface area contributed by atoms with E-state index < -0.39 is 0 Å². The van der Waals surface area contributed by atoms with Crippen molar-refractivity contribution in [3.63, 3.8) is 0 Å². The van der Waals surface area contributed by atoms with Gasteiger partial charge in [-0.05, 0) is 31.0 Å². The minimum atomic E-state index is -0.382. The van der Waals surface area contributed by atoms with Crippen LogP contribution in [0.25, 0.3) is 0 Å². The van der Waals surface area contributed by atoms with Crippen LogP contribution in [0.1, 0.15) is 12.5 Å². The summed E-state index contributed by atoms with van der Waals surface area (Å²) >= 11 is 0. The number of ketones is 1. The fourth-order valence-electron chi connectivity index (χ4n) is 0.917. The van der Waals surface area contributed by atoms with Crippen molar-refractivity contribution >= 4 is 5.78 Å². The summed E-state index contributed by atoms with van der Waals surface area (Å²) in [7, 11) is 0. The molecule has 3 nitrogen and oxygen atoms in total. The number of pyridine rings is 1. The van der Waals surface area contributed by atoms with Crippen LogP contribution in [-0.4, -0.2) is 16.8 Å². The average Bonchev–Trinajstić information content (AvgIpc) is 2.06. The first-order valence-electron chi connectivity index (χ1n) is 3.85. The van der Waals surface area contributed by atoms with Gasteiger partial charge in [-0.1, -0.05) is 0 Å². The highest BCUT2D eigenvalue weighted by molar-refractivity contribution is 5.81. The molecule has 0 unspecified atom stereocenters. The van der Waals surface area contributed by atoms with Gasteiger partial charge in [0.05, 0.1) is 6.04 Å². The smallest absolute Gasteiger partial charge is 0.146 e. The molecule has 0 bridgehead atoms. The summed E-state index contributed by atoms with van der Waals surface area (Å²) in [6.07, 6.45) is 3.99. The van der Waals surface area contributed by atoms with Crippen LogP contribution in [-0.2, 0) is 11.2 Å². The number of nitrogens with zero attached hydrogens (tertiary/aromatic N) is 1. The van der Waals surface area contributed by atoms with Gasteiger partial charge in [0, 0.05) is 12.4 Å². The topological polar surface area (TPSA) is 56.0 Å². The lowest BCUT2D eigenvalue weighted by atomic mass is 10.1. The quantitative estimate of drug-likeness (QED) is 0.709. The number of hydrogen-bond acceptors (Lipinski definition) is 3. The SMILES string of the molecule is CC(=O)[C@@H](N)Cc1ccncc1. The zero-order valence-electron chi connectivity index (χ0n) is 7.03. The van der Waals surface area contributed by atoms with Gasteiger partial charge in [0.1, 0.15) is 5.78 Å². The van der Waals surface area contributed by atoms with Gasteiger partial charge in [-0.2, -0.15) is 0 Å². The van der Waals surface area contributed by atoms with Gasteiger partial charge < -0.3 is 5.73 Å². The molecular formula is C9H12N2O. The summed E-state index contributed by atoms with van der Waals surface area (Å²) < 4.78 is 0. The maximum absolute atomic E-state index is 10.8. The van der Waals surface area contributed by atoms with Crippen LogP contribution in [0.4, 0.5) is 0 Å². The lowest BCUT2D eigenvalue weighted by Crippen LogP contribution is -2.30. The Morgan fingerprint density at radius 3 is 2.67 bits per heavy atom. The van der Waals surface area contributed by atoms with Crippen LogP contribution in [0, 0.1) is 0 Å². The fourth-order valence-corrected chi connectivity index (χ4v) is 0.917. The monoisotopic (exact) mass is 164 g/mol. The highest BCUT2D eigenvalue weighted by Crippen LogP contribution is 2.00. The van der Waals surface area contributed by atoms with Gasteiger partial charge in [0.15, 0.2) is 0 Å². The van der Waals surface area contributed by atoms with E-state index in [0.717, 1.165) is 5.56 Å². The maximum atomic E-state index is 10.8. The number of nitrogens with two attached hydrogens (primary N) is 1. The van der Waals surface area contributed by atoms with E-state index in [9.17, 15) is 4.79 Å². The molecule has 0 aliphatic rings. The van der Waals surface area contributed by atoms with Crippen LogP contribution >= 0.6 is 0 Å². The highest BCUT2D eigenvalue weighted by Gasteiger charge is 2.07. The minimum Gasteiger partial charge on any atom is -0.321 e. The van der Waals surface area contributed by atoms with E-state index in [-0.39, 0.29) is 11.8 Å². The zero-order chi connectivity index (χ0) is 8.97. The van der Waals surface area contributed by atoms with Crippen molar-refractivity contribution in [3.05, 3.63) is 30.1 Å². The molecule has 0 radical (unpaired) electrons. The highest BCUT2D eigenvalue weighted by atomic mass is 16.1. The molecule has 0 aliphatic carbocycles. The average molecular weight is 164 g/mol. The van der Waals surface area contributed by atoms with Crippen molar-refractivity contribution < 1.29 is 4.79 Å². The van der Waals surface area contributed by atoms with Gasteiger partial charge in [-0.15, -0.1) is 0 Å². The molecule has 12 heavy (non-hydrogen) atoms. The molecule has 1 aromatic rings. The van der Waals surface area contributed by atoms with E-state index in [4.69, 9.17) is 5.73 Å². The van der Waals surface area contributed by atoms with Crippen LogP contribution in [0.15, 0.2) is 24.5 Å². The van der Waals surface area contributed by atoms with Crippen LogP contribution in [0.2, 0.25) is 0 Å². The molecule has 1 atom stereocenters. The van der Waals surface area contributed by atoms with Crippen LogP contribution in [0.5, 0.6) is 0 Å². The lowest BCUT2D eigenvalue weighted by molar-refractivity contribution is -0.118. The van der Waals surface area contributed by atoms with Crippen molar-refractivity contribution in [1.29, 1.82) is 0 Å². The van der Waals surface area contributed by atoms with Gasteiger partial charge in [-0.3, -0.25) is 9.78 Å². The number of hydrogen-bond donors (Lipinski definition) is 1. The Labute approximate surface area is 71.6 Å². The Morgan fingerprint density at radius 1 is 1.58 bits per heavy atom. The largest absolute Gasteiger partial charge is 0.321 e. The maximum Gasteiger partial charge on any atom is 0.146 e. The van der Waals surface area contributed by atoms with E-state index in [1.165, 1.54) is 6.92 Å². The van der Waals surface area contributed by atoms with Crippen molar-refractivity contribution in [2.45, 2.75) is 19.4 Å². The third-order valence-corrected chi connectivity index (χ3v) is 1.73. The Hall–Kier alpha value is -1.22. The Kier molecular flexibility index (Phi) is 2.94. The van der Waals surface area contributed by atoms with Gasteiger partial charge >= 0.3 is 0 Å². The molecule has 1 rings (SSSR count). The molecule has 64 valence electrons. The van der Waals surface area contributed by atoms with E-state index >= 15 is 0 Å². The lowest BCUT2D eigenvalue weighted by Gasteiger charge is -2.06. The molecule has 0 aromatic carbocycles. The first-order chi connectivity index (χ1) is 5.70. The minimum absolute atomic E-state index is 0.0202. The summed E-state index contributed by atoms with van der Waals surface area (Å²) in [6.45, 7) is 1.51. The van der Waals surface area contributed by atoms with Gasteiger partial charge in [-0.25, -0.2) is 0 Å². The molecule has 0 saturated heterocycles. The van der Waals surface area contributed by atoms with Crippen molar-refractivity contribution in [3.8, 4) is 0 Å². The molecule has 0 fully saturated rings. The number of carbonyl (C=O) groups excluding carboxylic acids is 1. The van der Waals surface area contributed by atoms with Crippen molar-refractivity contribution in [2.24, 2.45) is 5.73 Å². The van der Waals surface area contributed by atoms with Crippen LogP contribution in [0.3, 0.4) is 0 Å². The molecule has 1 heterocycles. The van der Waals surface area contributed by atoms with Crippen molar-refractivity contribution in [2.75, 3.05) is 0 Å². The fraction of sp³-hybridized carbons (Fsp3) is 0.333. The van der Waals surface area contributed by atoms with E-state index in [2.05, 4.69) is 4.98 Å². The van der Waals surface area contributed by atoms with E-state index in [0.29, 0.717) is 6.42 Å². The standard InChI is InChI=1S/C9H12N2O/c1-7(12)9(10)6-8-2-4-11-5-3-8/h2-5,9H,6,10H2,1H3/t9-/m0/s1. The second-order valence-electron chi connectivity index (χ2n) is 2.78. The molecule has 0 amide bonds. The predicted molar refractivity (Wildman–Crippen MR) is 46.6 cm³/mol. The molecule has 0 spiro atoms.